The lowest BCUT2D eigenvalue weighted by molar-refractivity contribution is 0.481. The van der Waals surface area contributed by atoms with Gasteiger partial charge in [-0.15, -0.1) is 10.2 Å². The van der Waals surface area contributed by atoms with E-state index in [4.69, 9.17) is 5.73 Å². The van der Waals surface area contributed by atoms with E-state index in [0.717, 1.165) is 5.56 Å². The van der Waals surface area contributed by atoms with Crippen molar-refractivity contribution >= 4 is 70.2 Å². The molecule has 5 rings (SSSR count). The summed E-state index contributed by atoms with van der Waals surface area (Å²) in [5.41, 5.74) is 8.72. The lowest BCUT2D eigenvalue weighted by atomic mass is 10.1. The highest BCUT2D eigenvalue weighted by Crippen LogP contribution is 2.37. The molecule has 0 aromatic heterocycles. The minimum atomic E-state index is -4.50. The molecule has 5 aromatic carbocycles. The van der Waals surface area contributed by atoms with Crippen molar-refractivity contribution in [3.05, 3.63) is 90.5 Å². The summed E-state index contributed by atoms with van der Waals surface area (Å²) in [5.74, 6) is 0. The van der Waals surface area contributed by atoms with Crippen LogP contribution in [-0.4, -0.2) is 25.9 Å². The molecule has 11 nitrogen and oxygen atoms in total. The first-order valence-corrected chi connectivity index (χ1v) is 14.5. The molecule has 0 aliphatic carbocycles. The van der Waals surface area contributed by atoms with Crippen LogP contribution in [0.1, 0.15) is 5.56 Å². The zero-order valence-electron chi connectivity index (χ0n) is 20.8. The third kappa shape index (κ3) is 5.58. The molecule has 0 radical (unpaired) electrons. The lowest BCUT2D eigenvalue weighted by Gasteiger charge is -2.07. The number of nitrogens with zero attached hydrogens (tertiary/aromatic N) is 4. The van der Waals surface area contributed by atoms with E-state index in [-0.39, 0.29) is 15.2 Å². The zero-order valence-corrected chi connectivity index (χ0v) is 22.4. The Kier molecular flexibility index (Phi) is 6.89. The van der Waals surface area contributed by atoms with Gasteiger partial charge in [-0.2, -0.15) is 27.1 Å². The molecule has 0 saturated carbocycles. The molecule has 202 valence electrons. The molecule has 5 aromatic rings. The highest BCUT2D eigenvalue weighted by molar-refractivity contribution is 7.86. The third-order valence-corrected chi connectivity index (χ3v) is 7.86. The van der Waals surface area contributed by atoms with Crippen molar-refractivity contribution in [2.75, 3.05) is 5.73 Å². The molecule has 0 saturated heterocycles. The Morgan fingerprint density at radius 2 is 1.30 bits per heavy atom. The van der Waals surface area contributed by atoms with Gasteiger partial charge in [-0.3, -0.25) is 9.11 Å². The van der Waals surface area contributed by atoms with Gasteiger partial charge in [0.2, 0.25) is 0 Å². The van der Waals surface area contributed by atoms with E-state index < -0.39 is 20.2 Å². The number of rotatable bonds is 6. The molecule has 0 bridgehead atoms. The monoisotopic (exact) mass is 575 g/mol. The summed E-state index contributed by atoms with van der Waals surface area (Å²) < 4.78 is 66.5. The predicted molar refractivity (Wildman–Crippen MR) is 151 cm³/mol. The van der Waals surface area contributed by atoms with Crippen molar-refractivity contribution in [1.82, 2.24) is 0 Å². The Labute approximate surface area is 229 Å². The number of benzene rings is 5. The molecule has 0 amide bonds. The Morgan fingerprint density at radius 3 is 2.00 bits per heavy atom. The van der Waals surface area contributed by atoms with Gasteiger partial charge in [0.05, 0.1) is 27.6 Å². The molecule has 0 heterocycles. The number of aryl methyl sites for hydroxylation is 1. The van der Waals surface area contributed by atoms with E-state index in [2.05, 4.69) is 20.5 Å². The Morgan fingerprint density at radius 1 is 0.625 bits per heavy atom. The second-order valence-corrected chi connectivity index (χ2v) is 11.7. The van der Waals surface area contributed by atoms with Crippen LogP contribution in [-0.2, 0) is 20.2 Å². The standard InChI is InChI=1S/C27H21N5O6S2/c1-16-13-18(28)6-10-24(16)30-32-26-12-11-25(21-9-8-20(15-23(21)26)39(33,34)35)31-29-19-7-5-17-3-2-4-27(22(17)14-19)40(36,37)38/h2-15H,28H2,1H3,(H,33,34,35)(H,36,37,38). The Balaban J connectivity index is 1.61. The van der Waals surface area contributed by atoms with Crippen molar-refractivity contribution in [1.29, 1.82) is 0 Å². The normalized spacial score (nSPS) is 12.7. The van der Waals surface area contributed by atoms with Gasteiger partial charge in [-0.25, -0.2) is 0 Å². The van der Waals surface area contributed by atoms with Crippen LogP contribution in [0.2, 0.25) is 0 Å². The number of nitrogen functional groups attached to an aromatic ring is 1. The fraction of sp³-hybridized carbons (Fsp3) is 0.0370. The molecule has 0 aliphatic heterocycles. The fourth-order valence-corrected chi connectivity index (χ4v) is 5.37. The van der Waals surface area contributed by atoms with Gasteiger partial charge in [-0.05, 0) is 78.5 Å². The summed E-state index contributed by atoms with van der Waals surface area (Å²) in [6.07, 6.45) is 0. The smallest absolute Gasteiger partial charge is 0.295 e. The molecule has 4 N–H and O–H groups in total. The van der Waals surface area contributed by atoms with Crippen LogP contribution in [0.3, 0.4) is 0 Å². The maximum absolute atomic E-state index is 11.8. The van der Waals surface area contributed by atoms with Gasteiger partial charge in [0, 0.05) is 21.8 Å². The number of nitrogens with two attached hydrogens (primary N) is 1. The molecule has 0 aliphatic rings. The second kappa shape index (κ2) is 10.2. The number of fused-ring (bicyclic) bond motifs is 2. The van der Waals surface area contributed by atoms with Crippen LogP contribution in [0.4, 0.5) is 28.4 Å². The molecule has 0 spiro atoms. The summed E-state index contributed by atoms with van der Waals surface area (Å²) in [7, 11) is -8.97. The van der Waals surface area contributed by atoms with Crippen LogP contribution >= 0.6 is 0 Å². The van der Waals surface area contributed by atoms with Crippen molar-refractivity contribution in [3.8, 4) is 0 Å². The van der Waals surface area contributed by atoms with E-state index >= 15 is 0 Å². The summed E-state index contributed by atoms with van der Waals surface area (Å²) in [4.78, 5) is -0.585. The Hall–Kier alpha value is -4.56. The topological polar surface area (TPSA) is 184 Å². The minimum Gasteiger partial charge on any atom is -0.399 e. The molecule has 40 heavy (non-hydrogen) atoms. The molecule has 0 fully saturated rings. The average Bonchev–Trinajstić information content (AvgIpc) is 2.90. The lowest BCUT2D eigenvalue weighted by Crippen LogP contribution is -1.98. The van der Waals surface area contributed by atoms with Crippen LogP contribution in [0.25, 0.3) is 21.5 Å². The molecule has 0 unspecified atom stereocenters. The molecular weight excluding hydrogens is 554 g/mol. The van der Waals surface area contributed by atoms with E-state index in [0.29, 0.717) is 44.6 Å². The summed E-state index contributed by atoms with van der Waals surface area (Å²) in [6, 6.07) is 21.6. The minimum absolute atomic E-state index is 0.253. The predicted octanol–water partition coefficient (Wildman–Crippen LogP) is 7.21. The van der Waals surface area contributed by atoms with Crippen LogP contribution in [0, 0.1) is 6.92 Å². The number of hydrogen-bond donors (Lipinski definition) is 3. The largest absolute Gasteiger partial charge is 0.399 e. The van der Waals surface area contributed by atoms with Crippen molar-refractivity contribution in [2.24, 2.45) is 20.5 Å². The van der Waals surface area contributed by atoms with E-state index in [1.54, 1.807) is 48.5 Å². The summed E-state index contributed by atoms with van der Waals surface area (Å²) in [5, 5.41) is 18.8. The SMILES string of the molecule is Cc1cc(N)ccc1N=Nc1ccc(N=Nc2ccc3cccc(S(=O)(=O)O)c3c2)c2ccc(S(=O)(=O)O)cc12. The highest BCUT2D eigenvalue weighted by Gasteiger charge is 2.15. The van der Waals surface area contributed by atoms with Crippen LogP contribution in [0.15, 0.2) is 115 Å². The first-order chi connectivity index (χ1) is 18.9. The van der Waals surface area contributed by atoms with Gasteiger partial charge in [0.1, 0.15) is 4.90 Å². The highest BCUT2D eigenvalue weighted by atomic mass is 32.2. The number of hydrogen-bond acceptors (Lipinski definition) is 9. The van der Waals surface area contributed by atoms with Crippen molar-refractivity contribution < 1.29 is 25.9 Å². The third-order valence-electron chi connectivity index (χ3n) is 6.10. The fourth-order valence-electron chi connectivity index (χ4n) is 4.16. The first kappa shape index (κ1) is 27.0. The first-order valence-electron chi connectivity index (χ1n) is 11.6. The van der Waals surface area contributed by atoms with Crippen molar-refractivity contribution in [2.45, 2.75) is 16.7 Å². The zero-order chi connectivity index (χ0) is 28.7. The average molecular weight is 576 g/mol. The van der Waals surface area contributed by atoms with E-state index in [1.807, 2.05) is 6.92 Å². The number of azo groups is 2. The van der Waals surface area contributed by atoms with E-state index in [9.17, 15) is 25.9 Å². The second-order valence-electron chi connectivity index (χ2n) is 8.87. The van der Waals surface area contributed by atoms with Crippen LogP contribution in [0.5, 0.6) is 0 Å². The molecule has 0 atom stereocenters. The van der Waals surface area contributed by atoms with Gasteiger partial charge < -0.3 is 5.73 Å². The molecular formula is C27H21N5O6S2. The maximum Gasteiger partial charge on any atom is 0.295 e. The molecule has 13 heteroatoms. The van der Waals surface area contributed by atoms with Crippen molar-refractivity contribution in [3.63, 3.8) is 0 Å². The summed E-state index contributed by atoms with van der Waals surface area (Å²) >= 11 is 0. The quantitative estimate of drug-likeness (QED) is 0.108. The van der Waals surface area contributed by atoms with Gasteiger partial charge in [0.15, 0.2) is 0 Å². The van der Waals surface area contributed by atoms with Gasteiger partial charge in [-0.1, -0.05) is 24.3 Å². The van der Waals surface area contributed by atoms with Gasteiger partial charge in [0.25, 0.3) is 20.2 Å². The Bertz CT molecular complexity index is 2090. The van der Waals surface area contributed by atoms with Crippen LogP contribution < -0.4 is 5.73 Å². The number of anilines is 1. The van der Waals surface area contributed by atoms with Gasteiger partial charge >= 0.3 is 0 Å². The summed E-state index contributed by atoms with van der Waals surface area (Å²) in [6.45, 7) is 1.83. The maximum atomic E-state index is 11.8. The van der Waals surface area contributed by atoms with E-state index in [1.165, 1.54) is 36.4 Å².